The van der Waals surface area contributed by atoms with E-state index in [2.05, 4.69) is 9.97 Å². The van der Waals surface area contributed by atoms with Gasteiger partial charge in [-0.05, 0) is 6.92 Å². The van der Waals surface area contributed by atoms with E-state index in [1.807, 2.05) is 0 Å². The van der Waals surface area contributed by atoms with Crippen molar-refractivity contribution in [1.82, 2.24) is 9.97 Å². The first-order chi connectivity index (χ1) is 4.70. The highest BCUT2D eigenvalue weighted by molar-refractivity contribution is 6.29. The van der Waals surface area contributed by atoms with Crippen LogP contribution >= 0.6 is 11.6 Å². The Morgan fingerprint density at radius 3 is 2.70 bits per heavy atom. The van der Waals surface area contributed by atoms with E-state index in [0.29, 0.717) is 10.8 Å². The molecule has 0 bridgehead atoms. The zero-order valence-electron chi connectivity index (χ0n) is 5.45. The van der Waals surface area contributed by atoms with Crippen LogP contribution in [0, 0.1) is 0 Å². The molecule has 0 aromatic carbocycles. The highest BCUT2D eigenvalue weighted by Gasteiger charge is 2.01. The molecule has 4 heteroatoms. The van der Waals surface area contributed by atoms with Crippen molar-refractivity contribution in [2.75, 3.05) is 0 Å². The van der Waals surface area contributed by atoms with E-state index in [1.165, 1.54) is 12.4 Å². The third-order valence-corrected chi connectivity index (χ3v) is 1.23. The fourth-order valence-electron chi connectivity index (χ4n) is 0.557. The molecule has 1 unspecified atom stereocenters. The van der Waals surface area contributed by atoms with Gasteiger partial charge >= 0.3 is 0 Å². The van der Waals surface area contributed by atoms with Crippen LogP contribution in [-0.2, 0) is 0 Å². The quantitative estimate of drug-likeness (QED) is 0.668. The first-order valence-corrected chi connectivity index (χ1v) is 3.23. The zero-order valence-corrected chi connectivity index (χ0v) is 6.21. The Morgan fingerprint density at radius 2 is 2.30 bits per heavy atom. The van der Waals surface area contributed by atoms with Gasteiger partial charge < -0.3 is 5.11 Å². The number of aliphatic hydroxyl groups is 1. The average molecular weight is 159 g/mol. The topological polar surface area (TPSA) is 46.0 Å². The molecular formula is C6H7ClN2O. The molecule has 0 saturated heterocycles. The zero-order chi connectivity index (χ0) is 7.56. The third-order valence-electron chi connectivity index (χ3n) is 1.05. The van der Waals surface area contributed by atoms with Crippen molar-refractivity contribution >= 4 is 11.6 Å². The summed E-state index contributed by atoms with van der Waals surface area (Å²) >= 11 is 5.50. The Kier molecular flexibility index (Phi) is 2.19. The number of nitrogens with zero attached hydrogens (tertiary/aromatic N) is 2. The molecule has 1 aromatic heterocycles. The smallest absolute Gasteiger partial charge is 0.147 e. The molecule has 0 aliphatic rings. The lowest BCUT2D eigenvalue weighted by Gasteiger charge is -2.00. The summed E-state index contributed by atoms with van der Waals surface area (Å²) in [4.78, 5) is 7.58. The Hall–Kier alpha value is -0.670. The molecule has 0 aliphatic heterocycles. The first kappa shape index (κ1) is 7.44. The molecule has 0 saturated carbocycles. The van der Waals surface area contributed by atoms with E-state index in [9.17, 15) is 0 Å². The molecule has 10 heavy (non-hydrogen) atoms. The van der Waals surface area contributed by atoms with Gasteiger partial charge in [0, 0.05) is 0 Å². The molecule has 1 aromatic rings. The second-order valence-corrected chi connectivity index (χ2v) is 2.33. The summed E-state index contributed by atoms with van der Waals surface area (Å²) < 4.78 is 0. The highest BCUT2D eigenvalue weighted by Crippen LogP contribution is 2.09. The standard InChI is InChI=1S/C6H7ClN2O/c1-4(10)5-2-8-3-6(7)9-5/h2-4,10H,1H3. The number of hydrogen-bond donors (Lipinski definition) is 1. The van der Waals surface area contributed by atoms with Gasteiger partial charge in [0.25, 0.3) is 0 Å². The van der Waals surface area contributed by atoms with Crippen LogP contribution in [0.15, 0.2) is 12.4 Å². The summed E-state index contributed by atoms with van der Waals surface area (Å²) in [6, 6.07) is 0. The SMILES string of the molecule is CC(O)c1cncc(Cl)n1. The predicted octanol–water partition coefficient (Wildman–Crippen LogP) is 1.18. The number of hydrogen-bond acceptors (Lipinski definition) is 3. The number of halogens is 1. The summed E-state index contributed by atoms with van der Waals surface area (Å²) in [5.41, 5.74) is 0.493. The Morgan fingerprint density at radius 1 is 1.60 bits per heavy atom. The van der Waals surface area contributed by atoms with Crippen LogP contribution in [0.3, 0.4) is 0 Å². The Bertz CT molecular complexity index is 227. The van der Waals surface area contributed by atoms with E-state index in [0.717, 1.165) is 0 Å². The summed E-state index contributed by atoms with van der Waals surface area (Å²) in [5.74, 6) is 0. The maximum atomic E-state index is 8.99. The van der Waals surface area contributed by atoms with Gasteiger partial charge in [-0.3, -0.25) is 4.98 Å². The molecule has 0 spiro atoms. The van der Waals surface area contributed by atoms with Gasteiger partial charge in [-0.2, -0.15) is 0 Å². The Balaban J connectivity index is 2.96. The van der Waals surface area contributed by atoms with Crippen LogP contribution in [0.25, 0.3) is 0 Å². The molecule has 0 fully saturated rings. The van der Waals surface area contributed by atoms with Crippen molar-refractivity contribution in [2.45, 2.75) is 13.0 Å². The molecule has 54 valence electrons. The molecule has 1 rings (SSSR count). The van der Waals surface area contributed by atoms with Crippen molar-refractivity contribution in [3.8, 4) is 0 Å². The van der Waals surface area contributed by atoms with Crippen LogP contribution in [0.5, 0.6) is 0 Å². The van der Waals surface area contributed by atoms with Crippen LogP contribution in [-0.4, -0.2) is 15.1 Å². The van der Waals surface area contributed by atoms with Crippen molar-refractivity contribution in [2.24, 2.45) is 0 Å². The van der Waals surface area contributed by atoms with Gasteiger partial charge in [-0.25, -0.2) is 4.98 Å². The molecule has 0 aliphatic carbocycles. The second-order valence-electron chi connectivity index (χ2n) is 1.94. The summed E-state index contributed by atoms with van der Waals surface area (Å²) in [6.07, 6.45) is 2.30. The lowest BCUT2D eigenvalue weighted by molar-refractivity contribution is 0.194. The third kappa shape index (κ3) is 1.65. The largest absolute Gasteiger partial charge is 0.387 e. The fourth-order valence-corrected chi connectivity index (χ4v) is 0.711. The van der Waals surface area contributed by atoms with Gasteiger partial charge in [-0.15, -0.1) is 0 Å². The molecule has 1 N–H and O–H groups in total. The van der Waals surface area contributed by atoms with Crippen LogP contribution in [0.1, 0.15) is 18.7 Å². The number of aromatic nitrogens is 2. The van der Waals surface area contributed by atoms with E-state index < -0.39 is 6.10 Å². The predicted molar refractivity (Wildman–Crippen MR) is 37.7 cm³/mol. The molecule has 1 atom stereocenters. The minimum atomic E-state index is -0.605. The fraction of sp³-hybridized carbons (Fsp3) is 0.333. The Labute approximate surface area is 63.7 Å². The lowest BCUT2D eigenvalue weighted by Crippen LogP contribution is -1.95. The van der Waals surface area contributed by atoms with Crippen LogP contribution < -0.4 is 0 Å². The van der Waals surface area contributed by atoms with E-state index in [1.54, 1.807) is 6.92 Å². The molecule has 0 radical (unpaired) electrons. The van der Waals surface area contributed by atoms with Crippen molar-refractivity contribution < 1.29 is 5.11 Å². The van der Waals surface area contributed by atoms with Crippen molar-refractivity contribution in [3.63, 3.8) is 0 Å². The lowest BCUT2D eigenvalue weighted by atomic mass is 10.3. The molecule has 0 amide bonds. The monoisotopic (exact) mass is 158 g/mol. The first-order valence-electron chi connectivity index (χ1n) is 2.85. The maximum absolute atomic E-state index is 8.99. The minimum absolute atomic E-state index is 0.304. The van der Waals surface area contributed by atoms with Crippen molar-refractivity contribution in [3.05, 3.63) is 23.2 Å². The minimum Gasteiger partial charge on any atom is -0.387 e. The summed E-state index contributed by atoms with van der Waals surface area (Å²) in [5, 5.41) is 9.29. The average Bonchev–Trinajstić information content (AvgIpc) is 1.88. The number of rotatable bonds is 1. The van der Waals surface area contributed by atoms with Crippen LogP contribution in [0.2, 0.25) is 5.15 Å². The second kappa shape index (κ2) is 2.94. The highest BCUT2D eigenvalue weighted by atomic mass is 35.5. The van der Waals surface area contributed by atoms with Crippen molar-refractivity contribution in [1.29, 1.82) is 0 Å². The maximum Gasteiger partial charge on any atom is 0.147 e. The van der Waals surface area contributed by atoms with Gasteiger partial charge in [-0.1, -0.05) is 11.6 Å². The normalized spacial score (nSPS) is 13.1. The number of aliphatic hydroxyl groups excluding tert-OH is 1. The van der Waals surface area contributed by atoms with Gasteiger partial charge in [0.1, 0.15) is 5.15 Å². The molecule has 1 heterocycles. The summed E-state index contributed by atoms with van der Waals surface area (Å²) in [7, 11) is 0. The van der Waals surface area contributed by atoms with E-state index in [-0.39, 0.29) is 0 Å². The van der Waals surface area contributed by atoms with Crippen LogP contribution in [0.4, 0.5) is 0 Å². The molecule has 3 nitrogen and oxygen atoms in total. The van der Waals surface area contributed by atoms with E-state index in [4.69, 9.17) is 16.7 Å². The van der Waals surface area contributed by atoms with Gasteiger partial charge in [0.05, 0.1) is 24.2 Å². The van der Waals surface area contributed by atoms with Gasteiger partial charge in [0.15, 0.2) is 0 Å². The van der Waals surface area contributed by atoms with E-state index >= 15 is 0 Å². The summed E-state index contributed by atoms with van der Waals surface area (Å²) in [6.45, 7) is 1.61. The molecular weight excluding hydrogens is 152 g/mol. The van der Waals surface area contributed by atoms with Gasteiger partial charge in [0.2, 0.25) is 0 Å².